The van der Waals surface area contributed by atoms with E-state index in [1.807, 2.05) is 36.5 Å². The molecule has 1 aliphatic rings. The third kappa shape index (κ3) is 3.03. The van der Waals surface area contributed by atoms with Crippen molar-refractivity contribution in [2.45, 2.75) is 6.42 Å². The van der Waals surface area contributed by atoms with Crippen molar-refractivity contribution in [3.05, 3.63) is 69.0 Å². The number of aliphatic imine (C=N–C) groups is 1. The summed E-state index contributed by atoms with van der Waals surface area (Å²) in [5.41, 5.74) is 4.23. The van der Waals surface area contributed by atoms with E-state index in [2.05, 4.69) is 34.1 Å². The summed E-state index contributed by atoms with van der Waals surface area (Å²) in [5.74, 6) is 1.64. The van der Waals surface area contributed by atoms with Crippen LogP contribution in [0.15, 0.2) is 58.0 Å². The van der Waals surface area contributed by atoms with Crippen LogP contribution in [0.5, 0.6) is 11.5 Å². The number of fused-ring (bicyclic) bond motifs is 4. The van der Waals surface area contributed by atoms with Gasteiger partial charge in [0.1, 0.15) is 11.5 Å². The van der Waals surface area contributed by atoms with Crippen LogP contribution in [-0.2, 0) is 6.42 Å². The van der Waals surface area contributed by atoms with Crippen LogP contribution in [0.2, 0.25) is 0 Å². The molecule has 0 spiro atoms. The van der Waals surface area contributed by atoms with Crippen LogP contribution in [0.3, 0.4) is 0 Å². The molecular formula is C23H17BrN2O2S. The van der Waals surface area contributed by atoms with Crippen LogP contribution < -0.4 is 9.47 Å². The van der Waals surface area contributed by atoms with Gasteiger partial charge in [-0.3, -0.25) is 0 Å². The second-order valence-corrected chi connectivity index (χ2v) is 8.63. The summed E-state index contributed by atoms with van der Waals surface area (Å²) in [5, 5.41) is 2.99. The van der Waals surface area contributed by atoms with Crippen molar-refractivity contribution in [3.8, 4) is 22.8 Å². The van der Waals surface area contributed by atoms with Gasteiger partial charge in [0.05, 0.1) is 19.9 Å². The summed E-state index contributed by atoms with van der Waals surface area (Å²) >= 11 is 5.27. The molecule has 29 heavy (non-hydrogen) atoms. The first-order chi connectivity index (χ1) is 14.2. The summed E-state index contributed by atoms with van der Waals surface area (Å²) in [6.07, 6.45) is 2.70. The number of methoxy groups -OCH3 is 2. The van der Waals surface area contributed by atoms with Crippen molar-refractivity contribution in [3.63, 3.8) is 0 Å². The number of ether oxygens (including phenoxy) is 2. The Morgan fingerprint density at radius 3 is 2.66 bits per heavy atom. The van der Waals surface area contributed by atoms with Gasteiger partial charge in [-0.2, -0.15) is 0 Å². The first-order valence-electron chi connectivity index (χ1n) is 9.15. The maximum Gasteiger partial charge on any atom is 0.209 e. The smallest absolute Gasteiger partial charge is 0.209 e. The number of benzene rings is 3. The maximum atomic E-state index is 5.57. The van der Waals surface area contributed by atoms with Crippen molar-refractivity contribution in [2.24, 2.45) is 4.99 Å². The summed E-state index contributed by atoms with van der Waals surface area (Å²) in [6.45, 7) is 0. The zero-order chi connectivity index (χ0) is 20.0. The van der Waals surface area contributed by atoms with E-state index >= 15 is 0 Å². The molecule has 4 nitrogen and oxygen atoms in total. The second kappa shape index (κ2) is 7.28. The van der Waals surface area contributed by atoms with Gasteiger partial charge < -0.3 is 9.47 Å². The van der Waals surface area contributed by atoms with Crippen LogP contribution >= 0.6 is 27.3 Å². The molecular weight excluding hydrogens is 448 g/mol. The molecule has 0 N–H and O–H groups in total. The van der Waals surface area contributed by atoms with E-state index in [4.69, 9.17) is 19.5 Å². The van der Waals surface area contributed by atoms with Gasteiger partial charge in [-0.05, 0) is 34.5 Å². The molecule has 0 radical (unpaired) electrons. The fourth-order valence-electron chi connectivity index (χ4n) is 3.78. The molecule has 0 atom stereocenters. The standard InChI is InChI=1S/C23H17BrN2O2S/c1-27-18-9-7-13-5-3-4-6-14(13)16(18)12-25-23-26-22-20(29-23)11-15-17(24)8-10-19(28-2)21(15)22/h3-10,12H,11H2,1-2H3. The van der Waals surface area contributed by atoms with Crippen molar-refractivity contribution in [2.75, 3.05) is 14.2 Å². The van der Waals surface area contributed by atoms with Crippen LogP contribution in [0.1, 0.15) is 16.0 Å². The molecule has 0 aliphatic heterocycles. The molecule has 0 saturated carbocycles. The lowest BCUT2D eigenvalue weighted by atomic mass is 10.0. The Kier molecular flexibility index (Phi) is 4.60. The molecule has 3 aromatic carbocycles. The van der Waals surface area contributed by atoms with Crippen molar-refractivity contribution in [1.29, 1.82) is 0 Å². The first kappa shape index (κ1) is 18.3. The number of aromatic nitrogens is 1. The molecule has 0 fully saturated rings. The molecule has 1 aliphatic carbocycles. The molecule has 1 heterocycles. The number of hydrogen-bond acceptors (Lipinski definition) is 5. The van der Waals surface area contributed by atoms with Gasteiger partial charge in [0.25, 0.3) is 0 Å². The Balaban J connectivity index is 1.57. The monoisotopic (exact) mass is 464 g/mol. The minimum Gasteiger partial charge on any atom is -0.496 e. The number of rotatable bonds is 4. The third-order valence-electron chi connectivity index (χ3n) is 5.15. The van der Waals surface area contributed by atoms with E-state index in [1.165, 1.54) is 10.4 Å². The average Bonchev–Trinajstić information content (AvgIpc) is 3.31. The zero-order valence-electron chi connectivity index (χ0n) is 15.9. The van der Waals surface area contributed by atoms with Crippen LogP contribution in [0.4, 0.5) is 5.13 Å². The van der Waals surface area contributed by atoms with E-state index < -0.39 is 0 Å². The lowest BCUT2D eigenvalue weighted by Gasteiger charge is -2.08. The molecule has 1 aromatic heterocycles. The number of thiazole rings is 1. The molecule has 5 rings (SSSR count). The number of halogens is 1. The number of nitrogens with zero attached hydrogens (tertiary/aromatic N) is 2. The summed E-state index contributed by atoms with van der Waals surface area (Å²) in [4.78, 5) is 10.7. The Labute approximate surface area is 181 Å². The molecule has 6 heteroatoms. The Hall–Kier alpha value is -2.70. The first-order valence-corrected chi connectivity index (χ1v) is 10.8. The highest BCUT2D eigenvalue weighted by molar-refractivity contribution is 9.10. The van der Waals surface area contributed by atoms with Crippen molar-refractivity contribution in [1.82, 2.24) is 4.98 Å². The fourth-order valence-corrected chi connectivity index (χ4v) is 5.17. The van der Waals surface area contributed by atoms with Crippen molar-refractivity contribution >= 4 is 49.4 Å². The SMILES string of the molecule is COc1ccc(Br)c2c1-c1nc(N=Cc3c(OC)ccc4ccccc34)sc1C2. The minimum absolute atomic E-state index is 0.734. The molecule has 4 aromatic rings. The molecule has 0 amide bonds. The van der Waals surface area contributed by atoms with Gasteiger partial charge >= 0.3 is 0 Å². The highest BCUT2D eigenvalue weighted by Gasteiger charge is 2.28. The van der Waals surface area contributed by atoms with Gasteiger partial charge in [0.2, 0.25) is 5.13 Å². The highest BCUT2D eigenvalue weighted by atomic mass is 79.9. The number of hydrogen-bond donors (Lipinski definition) is 0. The fraction of sp³-hybridized carbons (Fsp3) is 0.130. The molecule has 144 valence electrons. The lowest BCUT2D eigenvalue weighted by molar-refractivity contribution is 0.415. The Morgan fingerprint density at radius 1 is 1.03 bits per heavy atom. The van der Waals surface area contributed by atoms with Gasteiger partial charge in [-0.25, -0.2) is 9.98 Å². The Morgan fingerprint density at radius 2 is 1.83 bits per heavy atom. The maximum absolute atomic E-state index is 5.57. The summed E-state index contributed by atoms with van der Waals surface area (Å²) in [7, 11) is 3.38. The quantitative estimate of drug-likeness (QED) is 0.289. The molecule has 0 unspecified atom stereocenters. The predicted octanol–water partition coefficient (Wildman–Crippen LogP) is 6.40. The molecule has 0 saturated heterocycles. The second-order valence-electron chi connectivity index (χ2n) is 6.71. The third-order valence-corrected chi connectivity index (χ3v) is 6.86. The van der Waals surface area contributed by atoms with Gasteiger partial charge in [0.15, 0.2) is 0 Å². The summed E-state index contributed by atoms with van der Waals surface area (Å²) in [6, 6.07) is 16.3. The van der Waals surface area contributed by atoms with Gasteiger partial charge in [-0.1, -0.05) is 57.6 Å². The van der Waals surface area contributed by atoms with E-state index in [9.17, 15) is 0 Å². The Bertz CT molecular complexity index is 1280. The summed E-state index contributed by atoms with van der Waals surface area (Å²) < 4.78 is 12.2. The average molecular weight is 465 g/mol. The zero-order valence-corrected chi connectivity index (χ0v) is 18.3. The minimum atomic E-state index is 0.734. The van der Waals surface area contributed by atoms with Crippen LogP contribution in [0.25, 0.3) is 22.0 Å². The van der Waals surface area contributed by atoms with Crippen LogP contribution in [-0.4, -0.2) is 25.4 Å². The van der Waals surface area contributed by atoms with Crippen molar-refractivity contribution < 1.29 is 9.47 Å². The van der Waals surface area contributed by atoms with E-state index in [-0.39, 0.29) is 0 Å². The van der Waals surface area contributed by atoms with Crippen LogP contribution in [0, 0.1) is 0 Å². The normalized spacial score (nSPS) is 12.4. The predicted molar refractivity (Wildman–Crippen MR) is 122 cm³/mol. The highest BCUT2D eigenvalue weighted by Crippen LogP contribution is 2.48. The molecule has 0 bridgehead atoms. The van der Waals surface area contributed by atoms with Gasteiger partial charge in [-0.15, -0.1) is 0 Å². The van der Waals surface area contributed by atoms with E-state index in [0.29, 0.717) is 0 Å². The lowest BCUT2D eigenvalue weighted by Crippen LogP contribution is -1.92. The largest absolute Gasteiger partial charge is 0.496 e. The van der Waals surface area contributed by atoms with E-state index in [1.54, 1.807) is 25.6 Å². The van der Waals surface area contributed by atoms with E-state index in [0.717, 1.165) is 55.1 Å². The topological polar surface area (TPSA) is 43.7 Å². The van der Waals surface area contributed by atoms with Gasteiger partial charge in [0, 0.05) is 33.1 Å².